The Kier molecular flexibility index (Phi) is 3.73. The van der Waals surface area contributed by atoms with E-state index in [1.54, 1.807) is 0 Å². The molecule has 0 nitrogen and oxygen atoms in total. The molecule has 1 aliphatic carbocycles. The summed E-state index contributed by atoms with van der Waals surface area (Å²) in [6, 6.07) is 0. The minimum atomic E-state index is 0.340. The van der Waals surface area contributed by atoms with E-state index >= 15 is 0 Å². The Morgan fingerprint density at radius 1 is 1.08 bits per heavy atom. The summed E-state index contributed by atoms with van der Waals surface area (Å²) < 4.78 is 0. The standard InChI is InChI=1S/C10H18Cl2/c1-6(2)8-5-9(11)7(3)4-10(8)12/h6-10H,4-5H2,1-3H3. The summed E-state index contributed by atoms with van der Waals surface area (Å²) in [5, 5.41) is 0.683. The van der Waals surface area contributed by atoms with Crippen molar-refractivity contribution >= 4 is 23.2 Å². The van der Waals surface area contributed by atoms with E-state index in [2.05, 4.69) is 20.8 Å². The van der Waals surface area contributed by atoms with Crippen LogP contribution in [0.15, 0.2) is 0 Å². The van der Waals surface area contributed by atoms with E-state index in [-0.39, 0.29) is 0 Å². The third kappa shape index (κ3) is 2.29. The molecule has 12 heavy (non-hydrogen) atoms. The molecule has 0 bridgehead atoms. The first-order valence-electron chi connectivity index (χ1n) is 4.80. The number of hydrogen-bond acceptors (Lipinski definition) is 0. The molecule has 0 heterocycles. The second-order valence-corrected chi connectivity index (χ2v) is 5.51. The van der Waals surface area contributed by atoms with Gasteiger partial charge in [0.2, 0.25) is 0 Å². The second kappa shape index (κ2) is 4.19. The zero-order chi connectivity index (χ0) is 9.30. The van der Waals surface area contributed by atoms with Crippen molar-refractivity contribution in [1.82, 2.24) is 0 Å². The largest absolute Gasteiger partial charge is 0.123 e. The molecule has 0 aromatic rings. The van der Waals surface area contributed by atoms with Gasteiger partial charge in [-0.05, 0) is 30.6 Å². The average molecular weight is 209 g/mol. The van der Waals surface area contributed by atoms with Crippen LogP contribution in [-0.2, 0) is 0 Å². The predicted octanol–water partition coefficient (Wildman–Crippen LogP) is 3.90. The van der Waals surface area contributed by atoms with Gasteiger partial charge in [0, 0.05) is 10.8 Å². The van der Waals surface area contributed by atoms with Gasteiger partial charge in [-0.1, -0.05) is 20.8 Å². The van der Waals surface area contributed by atoms with Gasteiger partial charge in [-0.15, -0.1) is 23.2 Å². The Balaban J connectivity index is 2.55. The maximum absolute atomic E-state index is 6.28. The van der Waals surface area contributed by atoms with Crippen LogP contribution < -0.4 is 0 Å². The SMILES string of the molecule is CC(C)C1CC(Cl)C(C)CC1Cl. The Morgan fingerprint density at radius 3 is 2.17 bits per heavy atom. The molecule has 0 N–H and O–H groups in total. The van der Waals surface area contributed by atoms with Gasteiger partial charge in [0.05, 0.1) is 0 Å². The lowest BCUT2D eigenvalue weighted by molar-refractivity contribution is 0.245. The maximum Gasteiger partial charge on any atom is 0.0370 e. The first-order valence-corrected chi connectivity index (χ1v) is 5.67. The molecule has 0 amide bonds. The van der Waals surface area contributed by atoms with Crippen molar-refractivity contribution in [3.63, 3.8) is 0 Å². The molecule has 72 valence electrons. The van der Waals surface area contributed by atoms with Crippen molar-refractivity contribution in [2.24, 2.45) is 17.8 Å². The highest BCUT2D eigenvalue weighted by Crippen LogP contribution is 2.39. The summed E-state index contributed by atoms with van der Waals surface area (Å²) in [5.74, 6) is 1.87. The number of halogens is 2. The van der Waals surface area contributed by atoms with Crippen molar-refractivity contribution < 1.29 is 0 Å². The zero-order valence-electron chi connectivity index (χ0n) is 8.06. The molecule has 0 aromatic heterocycles. The van der Waals surface area contributed by atoms with Gasteiger partial charge in [-0.2, -0.15) is 0 Å². The predicted molar refractivity (Wildman–Crippen MR) is 56.0 cm³/mol. The third-order valence-corrected chi connectivity index (χ3v) is 4.14. The summed E-state index contributed by atoms with van der Waals surface area (Å²) >= 11 is 12.5. The number of alkyl halides is 2. The fourth-order valence-electron chi connectivity index (χ4n) is 2.01. The van der Waals surface area contributed by atoms with E-state index in [1.165, 1.54) is 0 Å². The molecule has 0 saturated heterocycles. The highest BCUT2D eigenvalue weighted by molar-refractivity contribution is 6.22. The molecule has 1 rings (SSSR count). The molecule has 0 spiro atoms. The van der Waals surface area contributed by atoms with Gasteiger partial charge in [0.1, 0.15) is 0 Å². The van der Waals surface area contributed by atoms with Gasteiger partial charge >= 0.3 is 0 Å². The first kappa shape index (κ1) is 10.7. The van der Waals surface area contributed by atoms with Crippen molar-refractivity contribution in [3.05, 3.63) is 0 Å². The fraction of sp³-hybridized carbons (Fsp3) is 1.00. The molecule has 1 fully saturated rings. The third-order valence-electron chi connectivity index (χ3n) is 3.03. The van der Waals surface area contributed by atoms with E-state index in [9.17, 15) is 0 Å². The molecule has 2 heteroatoms. The molecular weight excluding hydrogens is 191 g/mol. The quantitative estimate of drug-likeness (QED) is 0.574. The average Bonchev–Trinajstić information content (AvgIpc) is 1.96. The lowest BCUT2D eigenvalue weighted by atomic mass is 9.77. The Bertz CT molecular complexity index is 145. The van der Waals surface area contributed by atoms with Crippen molar-refractivity contribution in [2.75, 3.05) is 0 Å². The second-order valence-electron chi connectivity index (χ2n) is 4.39. The van der Waals surface area contributed by atoms with Crippen LogP contribution in [0.4, 0.5) is 0 Å². The summed E-state index contributed by atoms with van der Waals surface area (Å²) in [6.45, 7) is 6.67. The van der Waals surface area contributed by atoms with Crippen LogP contribution >= 0.6 is 23.2 Å². The molecule has 4 atom stereocenters. The first-order chi connectivity index (χ1) is 5.52. The highest BCUT2D eigenvalue weighted by atomic mass is 35.5. The van der Waals surface area contributed by atoms with Gasteiger partial charge in [0.15, 0.2) is 0 Å². The maximum atomic E-state index is 6.28. The minimum Gasteiger partial charge on any atom is -0.123 e. The van der Waals surface area contributed by atoms with Crippen LogP contribution in [0.25, 0.3) is 0 Å². The van der Waals surface area contributed by atoms with Gasteiger partial charge in [-0.25, -0.2) is 0 Å². The van der Waals surface area contributed by atoms with E-state index in [0.717, 1.165) is 12.8 Å². The summed E-state index contributed by atoms with van der Waals surface area (Å²) in [6.07, 6.45) is 2.17. The Hall–Kier alpha value is 0.580. The summed E-state index contributed by atoms with van der Waals surface area (Å²) in [4.78, 5) is 0. The summed E-state index contributed by atoms with van der Waals surface area (Å²) in [5.41, 5.74) is 0. The molecule has 4 unspecified atom stereocenters. The van der Waals surface area contributed by atoms with Gasteiger partial charge in [0.25, 0.3) is 0 Å². The lowest BCUT2D eigenvalue weighted by Crippen LogP contribution is -2.34. The van der Waals surface area contributed by atoms with Crippen LogP contribution in [0.1, 0.15) is 33.6 Å². The van der Waals surface area contributed by atoms with Crippen LogP contribution in [0.2, 0.25) is 0 Å². The van der Waals surface area contributed by atoms with E-state index in [0.29, 0.717) is 28.5 Å². The Morgan fingerprint density at radius 2 is 1.67 bits per heavy atom. The van der Waals surface area contributed by atoms with E-state index in [1.807, 2.05) is 0 Å². The molecule has 1 aliphatic rings. The van der Waals surface area contributed by atoms with Crippen LogP contribution in [-0.4, -0.2) is 10.8 Å². The van der Waals surface area contributed by atoms with Gasteiger partial charge < -0.3 is 0 Å². The lowest BCUT2D eigenvalue weighted by Gasteiger charge is -2.36. The van der Waals surface area contributed by atoms with Crippen molar-refractivity contribution in [3.8, 4) is 0 Å². The van der Waals surface area contributed by atoms with Crippen LogP contribution in [0.5, 0.6) is 0 Å². The zero-order valence-corrected chi connectivity index (χ0v) is 9.57. The van der Waals surface area contributed by atoms with Crippen LogP contribution in [0, 0.1) is 17.8 Å². The van der Waals surface area contributed by atoms with Crippen molar-refractivity contribution in [1.29, 1.82) is 0 Å². The van der Waals surface area contributed by atoms with Crippen molar-refractivity contribution in [2.45, 2.75) is 44.4 Å². The molecule has 0 aliphatic heterocycles. The number of hydrogen-bond donors (Lipinski definition) is 0. The minimum absolute atomic E-state index is 0.340. The topological polar surface area (TPSA) is 0 Å². The molecule has 0 aromatic carbocycles. The van der Waals surface area contributed by atoms with Crippen LogP contribution in [0.3, 0.4) is 0 Å². The van der Waals surface area contributed by atoms with Gasteiger partial charge in [-0.3, -0.25) is 0 Å². The monoisotopic (exact) mass is 208 g/mol. The van der Waals surface area contributed by atoms with E-state index in [4.69, 9.17) is 23.2 Å². The molecule has 0 radical (unpaired) electrons. The molecule has 1 saturated carbocycles. The fourth-order valence-corrected chi connectivity index (χ4v) is 2.99. The Labute approximate surface area is 85.6 Å². The normalized spacial score (nSPS) is 43.5. The smallest absolute Gasteiger partial charge is 0.0370 e. The highest BCUT2D eigenvalue weighted by Gasteiger charge is 2.34. The summed E-state index contributed by atoms with van der Waals surface area (Å²) in [7, 11) is 0. The molecular formula is C10H18Cl2. The number of rotatable bonds is 1. The van der Waals surface area contributed by atoms with E-state index < -0.39 is 0 Å².